The van der Waals surface area contributed by atoms with E-state index in [1.807, 2.05) is 0 Å². The molecule has 0 aliphatic heterocycles. The van der Waals surface area contributed by atoms with Gasteiger partial charge in [-0.25, -0.2) is 0 Å². The van der Waals surface area contributed by atoms with Gasteiger partial charge in [0.1, 0.15) is 36.3 Å². The third kappa shape index (κ3) is 19.1. The van der Waals surface area contributed by atoms with Gasteiger partial charge < -0.3 is 63.8 Å². The Balaban J connectivity index is 5.72. The Hall–Kier alpha value is -5.38. The molecule has 0 aromatic heterocycles. The van der Waals surface area contributed by atoms with Crippen molar-refractivity contribution < 1.29 is 68.4 Å². The van der Waals surface area contributed by atoms with E-state index in [1.54, 1.807) is 0 Å². The second-order valence-electron chi connectivity index (χ2n) is 11.9. The number of hydrogen-bond acceptors (Lipinski definition) is 12. The number of carbonyl (C=O) groups excluding carboxylic acids is 6. The number of carbonyl (C=O) groups is 10. The van der Waals surface area contributed by atoms with Crippen molar-refractivity contribution >= 4 is 59.3 Å². The van der Waals surface area contributed by atoms with Crippen LogP contribution in [-0.2, 0) is 47.9 Å². The van der Waals surface area contributed by atoms with Gasteiger partial charge in [0.25, 0.3) is 0 Å². The first-order valence-corrected chi connectivity index (χ1v) is 16.4. The number of nitrogens with two attached hydrogens (primary N) is 2. The molecule has 0 heterocycles. The van der Waals surface area contributed by atoms with E-state index >= 15 is 0 Å². The number of hydrogen-bond donors (Lipinski definition) is 12. The third-order valence-corrected chi connectivity index (χ3v) is 7.38. The van der Waals surface area contributed by atoms with Gasteiger partial charge in [-0.1, -0.05) is 6.42 Å². The largest absolute Gasteiger partial charge is 0.481 e. The zero-order chi connectivity index (χ0) is 40.1. The van der Waals surface area contributed by atoms with Crippen molar-refractivity contribution in [2.45, 2.75) is 121 Å². The van der Waals surface area contributed by atoms with Crippen LogP contribution in [0.15, 0.2) is 0 Å². The van der Waals surface area contributed by atoms with Gasteiger partial charge in [-0.05, 0) is 59.4 Å². The van der Waals surface area contributed by atoms with E-state index in [1.165, 1.54) is 6.92 Å². The van der Waals surface area contributed by atoms with Crippen LogP contribution in [0.5, 0.6) is 0 Å². The molecular formula is C30H50N8O14. The normalized spacial score (nSPS) is 14.8. The summed E-state index contributed by atoms with van der Waals surface area (Å²) in [6, 6.07) is -9.81. The van der Waals surface area contributed by atoms with Crippen molar-refractivity contribution in [2.75, 3.05) is 6.54 Å². The zero-order valence-corrected chi connectivity index (χ0v) is 29.1. The lowest BCUT2D eigenvalue weighted by molar-refractivity contribution is -0.142. The Labute approximate surface area is 298 Å². The molecular weight excluding hydrogens is 696 g/mol. The van der Waals surface area contributed by atoms with Crippen LogP contribution in [0.25, 0.3) is 0 Å². The molecule has 0 aromatic rings. The second-order valence-corrected chi connectivity index (χ2v) is 11.9. The number of unbranched alkanes of at least 4 members (excludes halogenated alkanes) is 1. The van der Waals surface area contributed by atoms with E-state index in [4.69, 9.17) is 31.9 Å². The van der Waals surface area contributed by atoms with E-state index in [-0.39, 0.29) is 12.8 Å². The van der Waals surface area contributed by atoms with E-state index in [2.05, 4.69) is 31.9 Å². The summed E-state index contributed by atoms with van der Waals surface area (Å²) in [4.78, 5) is 122. The highest BCUT2D eigenvalue weighted by atomic mass is 16.4. The quantitative estimate of drug-likeness (QED) is 0.0376. The summed E-state index contributed by atoms with van der Waals surface area (Å²) in [6.07, 6.45) is -1.69. The van der Waals surface area contributed by atoms with E-state index in [9.17, 15) is 47.9 Å². The van der Waals surface area contributed by atoms with Gasteiger partial charge in [0, 0.05) is 19.3 Å². The predicted octanol–water partition coefficient (Wildman–Crippen LogP) is -3.91. The average molecular weight is 747 g/mol. The van der Waals surface area contributed by atoms with Crippen molar-refractivity contribution in [3.05, 3.63) is 0 Å². The Morgan fingerprint density at radius 3 is 1.10 bits per heavy atom. The topological polar surface area (TPSA) is 376 Å². The van der Waals surface area contributed by atoms with Gasteiger partial charge in [0.05, 0.1) is 6.04 Å². The number of aliphatic carboxylic acids is 4. The number of nitrogens with one attached hydrogen (secondary N) is 6. The van der Waals surface area contributed by atoms with Crippen LogP contribution in [0.2, 0.25) is 0 Å². The van der Waals surface area contributed by atoms with E-state index in [0.29, 0.717) is 19.4 Å². The summed E-state index contributed by atoms with van der Waals surface area (Å²) in [5.74, 6) is -11.1. The van der Waals surface area contributed by atoms with Crippen LogP contribution in [0, 0.1) is 0 Å². The molecule has 294 valence electrons. The van der Waals surface area contributed by atoms with E-state index < -0.39 is 134 Å². The average Bonchev–Trinajstić information content (AvgIpc) is 3.05. The summed E-state index contributed by atoms with van der Waals surface area (Å²) in [7, 11) is 0. The van der Waals surface area contributed by atoms with Crippen molar-refractivity contribution in [3.8, 4) is 0 Å². The second kappa shape index (κ2) is 23.9. The number of amides is 6. The molecule has 22 nitrogen and oxygen atoms in total. The minimum atomic E-state index is -1.59. The fourth-order valence-corrected chi connectivity index (χ4v) is 4.26. The van der Waals surface area contributed by atoms with Crippen molar-refractivity contribution in [2.24, 2.45) is 11.5 Å². The standard InChI is InChI=1S/C30H50N8O14/c1-14(25(46)37-19(8-11-22(41)42)29(50)35-16(3)30(51)52)33-27(48)18(7-10-21(39)40)36-24(45)15(2)34-28(49)20(9-12-23(43)44)38-26(47)17(32)6-4-5-13-31/h14-20H,4-13,31-32H2,1-3H3,(H,33,48)(H,34,49)(H,35,50)(H,36,45)(H,37,46)(H,38,47)(H,39,40)(H,41,42)(H,43,44)(H,51,52). The van der Waals surface area contributed by atoms with Crippen LogP contribution in [0.4, 0.5) is 0 Å². The van der Waals surface area contributed by atoms with Crippen LogP contribution < -0.4 is 43.4 Å². The molecule has 0 aliphatic rings. The number of carboxylic acid groups (broad SMARTS) is 4. The molecule has 7 atom stereocenters. The number of carboxylic acids is 4. The molecule has 0 radical (unpaired) electrons. The van der Waals surface area contributed by atoms with Gasteiger partial charge in [-0.15, -0.1) is 0 Å². The van der Waals surface area contributed by atoms with Crippen LogP contribution in [0.3, 0.4) is 0 Å². The Bertz CT molecular complexity index is 1310. The summed E-state index contributed by atoms with van der Waals surface area (Å²) in [5.41, 5.74) is 11.3. The SMILES string of the molecule is CC(NC(=O)C(CCC(=O)O)NC(=O)C(C)NC(=O)C(CCC(=O)O)NC(=O)C(C)NC(=O)C(CCC(=O)O)NC(=O)C(N)CCCCN)C(=O)O. The maximum absolute atomic E-state index is 13.1. The van der Waals surface area contributed by atoms with Gasteiger partial charge in [-0.2, -0.15) is 0 Å². The molecule has 6 amide bonds. The molecule has 0 saturated carbocycles. The van der Waals surface area contributed by atoms with E-state index in [0.717, 1.165) is 13.8 Å². The monoisotopic (exact) mass is 746 g/mol. The first-order valence-electron chi connectivity index (χ1n) is 16.4. The highest BCUT2D eigenvalue weighted by Gasteiger charge is 2.31. The van der Waals surface area contributed by atoms with Crippen LogP contribution >= 0.6 is 0 Å². The maximum Gasteiger partial charge on any atom is 0.325 e. The lowest BCUT2D eigenvalue weighted by atomic mass is 10.1. The first-order chi connectivity index (χ1) is 24.2. The third-order valence-electron chi connectivity index (χ3n) is 7.38. The van der Waals surface area contributed by atoms with Crippen molar-refractivity contribution in [3.63, 3.8) is 0 Å². The summed E-state index contributed by atoms with van der Waals surface area (Å²) in [6.45, 7) is 3.86. The van der Waals surface area contributed by atoms with Gasteiger partial charge in [-0.3, -0.25) is 47.9 Å². The molecule has 0 spiro atoms. The number of rotatable bonds is 26. The Morgan fingerprint density at radius 1 is 0.462 bits per heavy atom. The van der Waals surface area contributed by atoms with Gasteiger partial charge in [0.2, 0.25) is 35.4 Å². The Morgan fingerprint density at radius 2 is 0.788 bits per heavy atom. The molecule has 0 saturated heterocycles. The fraction of sp³-hybridized carbons (Fsp3) is 0.667. The summed E-state index contributed by atoms with van der Waals surface area (Å²) >= 11 is 0. The molecule has 0 aliphatic carbocycles. The highest BCUT2D eigenvalue weighted by Crippen LogP contribution is 2.06. The molecule has 22 heteroatoms. The molecule has 7 unspecified atom stereocenters. The van der Waals surface area contributed by atoms with Crippen molar-refractivity contribution in [1.29, 1.82) is 0 Å². The molecule has 52 heavy (non-hydrogen) atoms. The zero-order valence-electron chi connectivity index (χ0n) is 29.1. The van der Waals surface area contributed by atoms with Crippen LogP contribution in [0.1, 0.15) is 78.6 Å². The lowest BCUT2D eigenvalue weighted by Gasteiger charge is -2.25. The summed E-state index contributed by atoms with van der Waals surface area (Å²) in [5, 5.41) is 49.8. The minimum absolute atomic E-state index is 0.238. The summed E-state index contributed by atoms with van der Waals surface area (Å²) < 4.78 is 0. The fourth-order valence-electron chi connectivity index (χ4n) is 4.26. The Kier molecular flexibility index (Phi) is 21.4. The first kappa shape index (κ1) is 46.6. The predicted molar refractivity (Wildman–Crippen MR) is 178 cm³/mol. The maximum atomic E-state index is 13.1. The molecule has 0 fully saturated rings. The van der Waals surface area contributed by atoms with Crippen LogP contribution in [-0.4, -0.2) is 129 Å². The van der Waals surface area contributed by atoms with Gasteiger partial charge in [0.15, 0.2) is 0 Å². The lowest BCUT2D eigenvalue weighted by Crippen LogP contribution is -2.59. The molecule has 0 bridgehead atoms. The molecule has 14 N–H and O–H groups in total. The van der Waals surface area contributed by atoms with Gasteiger partial charge >= 0.3 is 23.9 Å². The smallest absolute Gasteiger partial charge is 0.325 e. The molecule has 0 rings (SSSR count). The van der Waals surface area contributed by atoms with Crippen molar-refractivity contribution in [1.82, 2.24) is 31.9 Å². The molecule has 0 aromatic carbocycles. The minimum Gasteiger partial charge on any atom is -0.481 e. The highest BCUT2D eigenvalue weighted by molar-refractivity contribution is 5.97.